The van der Waals surface area contributed by atoms with Crippen molar-refractivity contribution in [3.05, 3.63) is 94.0 Å². The molecule has 0 spiro atoms. The summed E-state index contributed by atoms with van der Waals surface area (Å²) in [5.74, 6) is -0.157. The zero-order valence-electron chi connectivity index (χ0n) is 49.3. The average Bonchev–Trinajstić information content (AvgIpc) is 4.15. The van der Waals surface area contributed by atoms with Gasteiger partial charge >= 0.3 is 6.09 Å². The SMILES string of the molecule is C[C@@H](C(=O)N[C@H](C(=O)N1CCC[C@H]1C(=O)N[C@H]1c2ccccc2C[C@H]1OCCOCCOCCOCCOCCOc1ccc(C(=O)NC2C(C)(C)C(Oc3ccc(C#N)c(Cl)c3)C2(C)C)cc1)C(C)(C)C)N(C)C(=O)OC(C)(C)C. The van der Waals surface area contributed by atoms with Crippen molar-refractivity contribution in [3.63, 3.8) is 0 Å². The molecule has 0 radical (unpaired) electrons. The standard InChI is InChI=1S/C61H85ClN6O13/c1-39(67(12)57(73)81-59(5,6)7)51(69)65-50(58(2,3)4)54(72)68-25-15-18-47(68)53(71)64-49-45-17-14-13-16-41(45)36-48(49)79-35-33-77-31-29-75-27-26-74-28-30-76-32-34-78-43-22-19-40(20-23-43)52(70)66-55-60(8,9)56(61(55,10)11)80-44-24-21-42(38-63)46(62)37-44/h13-14,16-17,19-24,37,39,47-50,55-56H,15,18,25-36H2,1-12H3,(H,64,71)(H,65,69)(H,66,70)/t39-,47-,48+,49-,50+,55?,56?/m0/s1. The summed E-state index contributed by atoms with van der Waals surface area (Å²) in [4.78, 5) is 70.8. The molecule has 0 aromatic heterocycles. The van der Waals surface area contributed by atoms with Crippen LogP contribution in [-0.2, 0) is 49.2 Å². The number of rotatable bonds is 27. The number of carbonyl (C=O) groups excluding carboxylic acids is 5. The lowest BCUT2D eigenvalue weighted by Crippen LogP contribution is -2.74. The van der Waals surface area contributed by atoms with E-state index in [2.05, 4.69) is 49.7 Å². The van der Waals surface area contributed by atoms with Gasteiger partial charge in [0.1, 0.15) is 54.0 Å². The first-order valence-electron chi connectivity index (χ1n) is 28.0. The Labute approximate surface area is 483 Å². The van der Waals surface area contributed by atoms with E-state index in [1.807, 2.05) is 45.0 Å². The summed E-state index contributed by atoms with van der Waals surface area (Å²) in [5, 5.41) is 18.9. The van der Waals surface area contributed by atoms with Crippen molar-refractivity contribution in [2.24, 2.45) is 16.2 Å². The highest BCUT2D eigenvalue weighted by Crippen LogP contribution is 2.55. The molecule has 444 valence electrons. The summed E-state index contributed by atoms with van der Waals surface area (Å²) < 4.78 is 46.7. The molecular weight excluding hydrogens is 1060 g/mol. The second-order valence-electron chi connectivity index (χ2n) is 24.2. The molecule has 3 aromatic rings. The number of nitrogens with zero attached hydrogens (tertiary/aromatic N) is 3. The number of ether oxygens (including phenoxy) is 8. The second kappa shape index (κ2) is 28.3. The van der Waals surface area contributed by atoms with E-state index in [1.54, 1.807) is 75.1 Å². The molecule has 81 heavy (non-hydrogen) atoms. The van der Waals surface area contributed by atoms with Crippen molar-refractivity contribution in [1.29, 1.82) is 5.26 Å². The summed E-state index contributed by atoms with van der Waals surface area (Å²) in [6, 6.07) is 18.7. The van der Waals surface area contributed by atoms with Gasteiger partial charge in [-0.15, -0.1) is 0 Å². The third-order valence-corrected chi connectivity index (χ3v) is 15.4. The lowest BCUT2D eigenvalue weighted by atomic mass is 9.49. The predicted octanol–water partition coefficient (Wildman–Crippen LogP) is 7.84. The number of amides is 5. The Morgan fingerprint density at radius 3 is 1.95 bits per heavy atom. The molecule has 2 fully saturated rings. The maximum atomic E-state index is 14.3. The smallest absolute Gasteiger partial charge is 0.410 e. The average molecular weight is 1150 g/mol. The van der Waals surface area contributed by atoms with Gasteiger partial charge in [0.05, 0.1) is 82.2 Å². The third kappa shape index (κ3) is 17.0. The maximum Gasteiger partial charge on any atom is 0.410 e. The molecule has 0 unspecified atom stereocenters. The number of hydrogen-bond acceptors (Lipinski definition) is 14. The number of benzene rings is 3. The van der Waals surface area contributed by atoms with Crippen molar-refractivity contribution in [2.45, 2.75) is 143 Å². The number of nitriles is 1. The van der Waals surface area contributed by atoms with E-state index in [-0.39, 0.29) is 46.8 Å². The summed E-state index contributed by atoms with van der Waals surface area (Å²) in [7, 11) is 1.48. The van der Waals surface area contributed by atoms with E-state index in [4.69, 9.17) is 49.5 Å². The van der Waals surface area contributed by atoms with Crippen LogP contribution in [0.5, 0.6) is 11.5 Å². The van der Waals surface area contributed by atoms with E-state index in [0.29, 0.717) is 120 Å². The minimum Gasteiger partial charge on any atom is -0.491 e. The summed E-state index contributed by atoms with van der Waals surface area (Å²) in [6.45, 7) is 24.6. The largest absolute Gasteiger partial charge is 0.491 e. The predicted molar refractivity (Wildman–Crippen MR) is 305 cm³/mol. The van der Waals surface area contributed by atoms with Gasteiger partial charge in [-0.3, -0.25) is 24.1 Å². The first-order valence-corrected chi connectivity index (χ1v) is 28.4. The van der Waals surface area contributed by atoms with E-state index in [0.717, 1.165) is 11.1 Å². The Bertz CT molecular complexity index is 2650. The molecule has 5 amide bonds. The lowest BCUT2D eigenvalue weighted by Gasteiger charge is -2.63. The van der Waals surface area contributed by atoms with Gasteiger partial charge in [0.25, 0.3) is 5.91 Å². The fourth-order valence-electron chi connectivity index (χ4n) is 10.9. The van der Waals surface area contributed by atoms with Crippen LogP contribution >= 0.6 is 11.6 Å². The number of fused-ring (bicyclic) bond motifs is 1. The fraction of sp³-hybridized carbons (Fsp3) is 0.607. The van der Waals surface area contributed by atoms with Gasteiger partial charge < -0.3 is 58.7 Å². The monoisotopic (exact) mass is 1140 g/mol. The topological polar surface area (TPSA) is 226 Å². The Kier molecular flexibility index (Phi) is 22.4. The van der Waals surface area contributed by atoms with Crippen LogP contribution in [0, 0.1) is 27.6 Å². The molecular formula is C61H85ClN6O13. The quantitative estimate of drug-likeness (QED) is 0.0619. The molecule has 0 bridgehead atoms. The summed E-state index contributed by atoms with van der Waals surface area (Å²) in [6.07, 6.45) is 0.474. The molecule has 19 nitrogen and oxygen atoms in total. The second-order valence-corrected chi connectivity index (χ2v) is 24.6. The third-order valence-electron chi connectivity index (χ3n) is 15.1. The Morgan fingerprint density at radius 1 is 0.790 bits per heavy atom. The first kappa shape index (κ1) is 64.2. The van der Waals surface area contributed by atoms with E-state index in [1.165, 1.54) is 11.9 Å². The normalized spacial score (nSPS) is 20.6. The number of carbonyl (C=O) groups is 5. The molecule has 3 aromatic carbocycles. The van der Waals surface area contributed by atoms with Crippen LogP contribution in [0.3, 0.4) is 0 Å². The number of likely N-dealkylation sites (N-methyl/N-ethyl adjacent to an activating group) is 1. The van der Waals surface area contributed by atoms with Crippen molar-refractivity contribution in [2.75, 3.05) is 79.7 Å². The molecule has 1 saturated carbocycles. The Morgan fingerprint density at radius 2 is 1.37 bits per heavy atom. The van der Waals surface area contributed by atoms with Crippen LogP contribution in [0.2, 0.25) is 5.02 Å². The Balaban J connectivity index is 0.818. The van der Waals surface area contributed by atoms with Crippen LogP contribution in [0.25, 0.3) is 0 Å². The minimum atomic E-state index is -0.967. The van der Waals surface area contributed by atoms with Gasteiger partial charge in [-0.05, 0) is 93.5 Å². The van der Waals surface area contributed by atoms with Gasteiger partial charge in [-0.2, -0.15) is 5.26 Å². The van der Waals surface area contributed by atoms with E-state index >= 15 is 0 Å². The van der Waals surface area contributed by atoms with E-state index < -0.39 is 47.2 Å². The van der Waals surface area contributed by atoms with Gasteiger partial charge in [-0.1, -0.05) is 84.3 Å². The maximum absolute atomic E-state index is 14.3. The highest BCUT2D eigenvalue weighted by molar-refractivity contribution is 6.31. The molecule has 1 saturated heterocycles. The minimum absolute atomic E-state index is 0.166. The Hall–Kier alpha value is -6.01. The zero-order valence-corrected chi connectivity index (χ0v) is 50.1. The van der Waals surface area contributed by atoms with Crippen LogP contribution < -0.4 is 25.4 Å². The molecule has 1 aliphatic heterocycles. The fourth-order valence-corrected chi connectivity index (χ4v) is 11.1. The highest BCUT2D eigenvalue weighted by Gasteiger charge is 2.64. The molecule has 5 atom stereocenters. The van der Waals surface area contributed by atoms with Crippen molar-refractivity contribution >= 4 is 41.3 Å². The number of halogens is 1. The van der Waals surface area contributed by atoms with Crippen molar-refractivity contribution in [3.8, 4) is 17.6 Å². The van der Waals surface area contributed by atoms with Crippen LogP contribution in [-0.4, -0.2) is 161 Å². The van der Waals surface area contributed by atoms with Gasteiger partial charge in [0.15, 0.2) is 0 Å². The van der Waals surface area contributed by atoms with Crippen LogP contribution in [0.4, 0.5) is 4.79 Å². The summed E-state index contributed by atoms with van der Waals surface area (Å²) in [5.41, 5.74) is 0.703. The number of likely N-dealkylation sites (tertiary alicyclic amines) is 1. The van der Waals surface area contributed by atoms with Crippen molar-refractivity contribution in [1.82, 2.24) is 25.8 Å². The first-order chi connectivity index (χ1) is 38.2. The number of nitrogens with one attached hydrogen (secondary N) is 3. The molecule has 20 heteroatoms. The van der Waals surface area contributed by atoms with Crippen LogP contribution in [0.1, 0.15) is 122 Å². The molecule has 1 heterocycles. The summed E-state index contributed by atoms with van der Waals surface area (Å²) >= 11 is 6.24. The van der Waals surface area contributed by atoms with Crippen LogP contribution in [0.15, 0.2) is 66.7 Å². The van der Waals surface area contributed by atoms with Gasteiger partial charge in [0.2, 0.25) is 17.7 Å². The van der Waals surface area contributed by atoms with E-state index in [9.17, 15) is 29.2 Å². The zero-order chi connectivity index (χ0) is 59.3. The van der Waals surface area contributed by atoms with Gasteiger partial charge in [-0.25, -0.2) is 4.79 Å². The highest BCUT2D eigenvalue weighted by atomic mass is 35.5. The molecule has 3 N–H and O–H groups in total. The molecule has 3 aliphatic rings. The van der Waals surface area contributed by atoms with Gasteiger partial charge in [0, 0.05) is 48.5 Å². The number of hydrogen-bond donors (Lipinski definition) is 3. The lowest BCUT2D eigenvalue weighted by molar-refractivity contribution is -0.164. The molecule has 2 aliphatic carbocycles. The molecule has 6 rings (SSSR count). The van der Waals surface area contributed by atoms with Crippen molar-refractivity contribution < 1.29 is 61.9 Å².